The molecule has 3 rings (SSSR count). The first kappa shape index (κ1) is 18.1. The van der Waals surface area contributed by atoms with Crippen LogP contribution in [-0.2, 0) is 21.1 Å². The maximum Gasteiger partial charge on any atom is 0.224 e. The van der Waals surface area contributed by atoms with E-state index in [2.05, 4.69) is 5.32 Å². The normalized spacial score (nSPS) is 12.7. The molecule has 0 saturated carbocycles. The minimum absolute atomic E-state index is 0.0685. The molecule has 1 N–H and O–H groups in total. The summed E-state index contributed by atoms with van der Waals surface area (Å²) in [6.45, 7) is 1.89. The number of hydrogen-bond donors (Lipinski definition) is 1. The lowest BCUT2D eigenvalue weighted by Crippen LogP contribution is -2.28. The van der Waals surface area contributed by atoms with Gasteiger partial charge in [0.1, 0.15) is 0 Å². The van der Waals surface area contributed by atoms with Crippen molar-refractivity contribution in [1.82, 2.24) is 5.32 Å². The number of sulfone groups is 1. The van der Waals surface area contributed by atoms with Crippen LogP contribution in [0.1, 0.15) is 24.1 Å². The molecule has 134 valence electrons. The molecule has 3 aromatic carbocycles. The predicted molar refractivity (Wildman–Crippen MR) is 104 cm³/mol. The Kier molecular flexibility index (Phi) is 5.09. The van der Waals surface area contributed by atoms with Crippen molar-refractivity contribution >= 4 is 26.5 Å². The van der Waals surface area contributed by atoms with Crippen molar-refractivity contribution in [2.45, 2.75) is 24.3 Å². The Labute approximate surface area is 153 Å². The number of rotatable bonds is 5. The second-order valence-corrected chi connectivity index (χ2v) is 8.46. The Bertz CT molecular complexity index is 1040. The molecule has 1 amide bonds. The van der Waals surface area contributed by atoms with Gasteiger partial charge in [0.2, 0.25) is 5.91 Å². The second kappa shape index (κ2) is 7.30. The average Bonchev–Trinajstić information content (AvgIpc) is 2.61. The third-order valence-corrected chi connectivity index (χ3v) is 5.55. The van der Waals surface area contributed by atoms with Gasteiger partial charge in [-0.25, -0.2) is 8.42 Å². The zero-order valence-corrected chi connectivity index (χ0v) is 15.6. The molecule has 26 heavy (non-hydrogen) atoms. The Balaban J connectivity index is 1.71. The van der Waals surface area contributed by atoms with E-state index in [1.54, 1.807) is 24.3 Å². The molecule has 0 aromatic heterocycles. The number of fused-ring (bicyclic) bond motifs is 1. The summed E-state index contributed by atoms with van der Waals surface area (Å²) in [4.78, 5) is 12.7. The Hall–Kier alpha value is -2.66. The minimum Gasteiger partial charge on any atom is -0.349 e. The first-order valence-electron chi connectivity index (χ1n) is 8.40. The first-order valence-corrected chi connectivity index (χ1v) is 10.3. The number of hydrogen-bond acceptors (Lipinski definition) is 3. The number of nitrogens with one attached hydrogen (secondary N) is 1. The summed E-state index contributed by atoms with van der Waals surface area (Å²) in [5, 5.41) is 5.17. The van der Waals surface area contributed by atoms with Crippen LogP contribution in [0.2, 0.25) is 0 Å². The maximum absolute atomic E-state index is 12.5. The SMILES string of the molecule is C[C@H](NC(=O)Cc1cccc2ccccc12)c1ccc(S(C)(=O)=O)cc1. The third kappa shape index (κ3) is 4.11. The minimum atomic E-state index is -3.22. The monoisotopic (exact) mass is 367 g/mol. The Morgan fingerprint density at radius 2 is 1.62 bits per heavy atom. The predicted octanol–water partition coefficient (Wildman–Crippen LogP) is 3.66. The molecule has 0 aliphatic rings. The maximum atomic E-state index is 12.5. The summed E-state index contributed by atoms with van der Waals surface area (Å²) in [5.74, 6) is -0.0685. The molecule has 1 atom stereocenters. The van der Waals surface area contributed by atoms with Crippen LogP contribution in [0.3, 0.4) is 0 Å². The number of benzene rings is 3. The van der Waals surface area contributed by atoms with Crippen LogP contribution < -0.4 is 5.32 Å². The van der Waals surface area contributed by atoms with Gasteiger partial charge in [0.15, 0.2) is 9.84 Å². The molecule has 5 heteroatoms. The highest BCUT2D eigenvalue weighted by atomic mass is 32.2. The summed E-state index contributed by atoms with van der Waals surface area (Å²) in [7, 11) is -3.22. The van der Waals surface area contributed by atoms with Crippen molar-refractivity contribution < 1.29 is 13.2 Å². The highest BCUT2D eigenvalue weighted by molar-refractivity contribution is 7.90. The van der Waals surface area contributed by atoms with Crippen LogP contribution in [0, 0.1) is 0 Å². The van der Waals surface area contributed by atoms with Gasteiger partial charge in [-0.2, -0.15) is 0 Å². The second-order valence-electron chi connectivity index (χ2n) is 6.45. The smallest absolute Gasteiger partial charge is 0.224 e. The fourth-order valence-electron chi connectivity index (χ4n) is 3.00. The van der Waals surface area contributed by atoms with Crippen molar-refractivity contribution in [3.05, 3.63) is 77.9 Å². The van der Waals surface area contributed by atoms with Gasteiger partial charge in [-0.15, -0.1) is 0 Å². The molecule has 0 spiro atoms. The van der Waals surface area contributed by atoms with Gasteiger partial charge in [-0.3, -0.25) is 4.79 Å². The van der Waals surface area contributed by atoms with E-state index >= 15 is 0 Å². The molecule has 0 radical (unpaired) electrons. The summed E-state index contributed by atoms with van der Waals surface area (Å²) in [5.41, 5.74) is 1.85. The molecule has 0 fully saturated rings. The van der Waals surface area contributed by atoms with E-state index in [4.69, 9.17) is 0 Å². The van der Waals surface area contributed by atoms with E-state index < -0.39 is 9.84 Å². The lowest BCUT2D eigenvalue weighted by molar-refractivity contribution is -0.121. The van der Waals surface area contributed by atoms with Crippen LogP contribution in [0.15, 0.2) is 71.6 Å². The first-order chi connectivity index (χ1) is 12.3. The Morgan fingerprint density at radius 1 is 0.962 bits per heavy atom. The van der Waals surface area contributed by atoms with E-state index in [1.807, 2.05) is 49.4 Å². The molecule has 0 unspecified atom stereocenters. The lowest BCUT2D eigenvalue weighted by atomic mass is 10.0. The van der Waals surface area contributed by atoms with Crippen molar-refractivity contribution in [2.24, 2.45) is 0 Å². The topological polar surface area (TPSA) is 63.2 Å². The number of amides is 1. The standard InChI is InChI=1S/C21H21NO3S/c1-15(16-10-12-19(13-11-16)26(2,24)25)22-21(23)14-18-8-5-7-17-6-3-4-9-20(17)18/h3-13,15H,14H2,1-2H3,(H,22,23)/t15-/m0/s1. The van der Waals surface area contributed by atoms with Gasteiger partial charge >= 0.3 is 0 Å². The summed E-state index contributed by atoms with van der Waals surface area (Å²) in [6.07, 6.45) is 1.48. The van der Waals surface area contributed by atoms with Crippen LogP contribution in [0.25, 0.3) is 10.8 Å². The quantitative estimate of drug-likeness (QED) is 0.748. The van der Waals surface area contributed by atoms with E-state index in [0.717, 1.165) is 21.9 Å². The van der Waals surface area contributed by atoms with Gasteiger partial charge < -0.3 is 5.32 Å². The summed E-state index contributed by atoms with van der Waals surface area (Å²) >= 11 is 0. The van der Waals surface area contributed by atoms with Crippen molar-refractivity contribution in [3.63, 3.8) is 0 Å². The van der Waals surface area contributed by atoms with Crippen LogP contribution in [-0.4, -0.2) is 20.6 Å². The largest absolute Gasteiger partial charge is 0.349 e. The zero-order chi connectivity index (χ0) is 18.7. The summed E-state index contributed by atoms with van der Waals surface area (Å²) < 4.78 is 23.1. The van der Waals surface area contributed by atoms with Crippen molar-refractivity contribution in [2.75, 3.05) is 6.26 Å². The van der Waals surface area contributed by atoms with Gasteiger partial charge in [0, 0.05) is 6.26 Å². The zero-order valence-electron chi connectivity index (χ0n) is 14.8. The van der Waals surface area contributed by atoms with Crippen LogP contribution >= 0.6 is 0 Å². The van der Waals surface area contributed by atoms with Crippen molar-refractivity contribution in [3.8, 4) is 0 Å². The highest BCUT2D eigenvalue weighted by Crippen LogP contribution is 2.20. The van der Waals surface area contributed by atoms with E-state index in [-0.39, 0.29) is 16.8 Å². The molecule has 4 nitrogen and oxygen atoms in total. The highest BCUT2D eigenvalue weighted by Gasteiger charge is 2.13. The molecular formula is C21H21NO3S. The third-order valence-electron chi connectivity index (χ3n) is 4.42. The molecular weight excluding hydrogens is 346 g/mol. The molecule has 3 aromatic rings. The molecule has 0 saturated heterocycles. The van der Waals surface area contributed by atoms with Gasteiger partial charge in [0.05, 0.1) is 17.4 Å². The van der Waals surface area contributed by atoms with Gasteiger partial charge in [0.25, 0.3) is 0 Å². The average molecular weight is 367 g/mol. The van der Waals surface area contributed by atoms with Gasteiger partial charge in [-0.1, -0.05) is 54.6 Å². The summed E-state index contributed by atoms with van der Waals surface area (Å²) in [6, 6.07) is 20.4. The Morgan fingerprint density at radius 3 is 2.31 bits per heavy atom. The molecule has 0 bridgehead atoms. The molecule has 0 aliphatic carbocycles. The lowest BCUT2D eigenvalue weighted by Gasteiger charge is -2.15. The van der Waals surface area contributed by atoms with E-state index in [1.165, 1.54) is 6.26 Å². The fourth-order valence-corrected chi connectivity index (χ4v) is 3.63. The van der Waals surface area contributed by atoms with Gasteiger partial charge in [-0.05, 0) is 41.0 Å². The number of carbonyl (C=O) groups is 1. The van der Waals surface area contributed by atoms with E-state index in [9.17, 15) is 13.2 Å². The molecule has 0 heterocycles. The van der Waals surface area contributed by atoms with Crippen LogP contribution in [0.4, 0.5) is 0 Å². The van der Waals surface area contributed by atoms with Crippen molar-refractivity contribution in [1.29, 1.82) is 0 Å². The van der Waals surface area contributed by atoms with Crippen LogP contribution in [0.5, 0.6) is 0 Å². The fraction of sp³-hybridized carbons (Fsp3) is 0.190. The molecule has 0 aliphatic heterocycles. The van der Waals surface area contributed by atoms with E-state index in [0.29, 0.717) is 6.42 Å². The number of carbonyl (C=O) groups excluding carboxylic acids is 1.